The SMILES string of the molecule is O=C(NNc1ncnc(Nc2ccc(C(F)(F)F)cc2)c1[N+](=O)[O-])c1ccccc1Cl. The molecule has 0 aliphatic carbocycles. The van der Waals surface area contributed by atoms with Crippen LogP contribution in [0.25, 0.3) is 0 Å². The Hall–Kier alpha value is -3.93. The number of halogens is 4. The Balaban J connectivity index is 1.82. The highest BCUT2D eigenvalue weighted by molar-refractivity contribution is 6.33. The Kier molecular flexibility index (Phi) is 6.20. The third-order valence-electron chi connectivity index (χ3n) is 3.89. The van der Waals surface area contributed by atoms with Crippen molar-refractivity contribution >= 4 is 40.5 Å². The summed E-state index contributed by atoms with van der Waals surface area (Å²) in [7, 11) is 0. The van der Waals surface area contributed by atoms with E-state index in [2.05, 4.69) is 26.1 Å². The second kappa shape index (κ2) is 8.83. The van der Waals surface area contributed by atoms with Gasteiger partial charge in [-0.25, -0.2) is 9.97 Å². The van der Waals surface area contributed by atoms with Crippen molar-refractivity contribution in [3.05, 3.63) is 81.1 Å². The van der Waals surface area contributed by atoms with Crippen LogP contribution in [0.4, 0.5) is 36.2 Å². The summed E-state index contributed by atoms with van der Waals surface area (Å²) in [6.07, 6.45) is -3.54. The monoisotopic (exact) mass is 452 g/mol. The lowest BCUT2D eigenvalue weighted by molar-refractivity contribution is -0.383. The lowest BCUT2D eigenvalue weighted by atomic mass is 10.2. The predicted molar refractivity (Wildman–Crippen MR) is 106 cm³/mol. The van der Waals surface area contributed by atoms with Crippen LogP contribution in [-0.2, 0) is 6.18 Å². The molecule has 0 fully saturated rings. The quantitative estimate of drug-likeness (QED) is 0.370. The van der Waals surface area contributed by atoms with E-state index in [0.717, 1.165) is 30.6 Å². The van der Waals surface area contributed by atoms with E-state index < -0.39 is 28.3 Å². The molecule has 0 bridgehead atoms. The van der Waals surface area contributed by atoms with Crippen LogP contribution in [0.3, 0.4) is 0 Å². The van der Waals surface area contributed by atoms with Crippen LogP contribution in [0.5, 0.6) is 0 Å². The van der Waals surface area contributed by atoms with Gasteiger partial charge in [0.05, 0.1) is 21.1 Å². The third kappa shape index (κ3) is 5.17. The molecule has 160 valence electrons. The Bertz CT molecular complexity index is 1130. The van der Waals surface area contributed by atoms with Gasteiger partial charge in [-0.1, -0.05) is 23.7 Å². The highest BCUT2D eigenvalue weighted by atomic mass is 35.5. The molecule has 31 heavy (non-hydrogen) atoms. The number of nitrogens with zero attached hydrogens (tertiary/aromatic N) is 3. The minimum atomic E-state index is -4.52. The van der Waals surface area contributed by atoms with E-state index in [9.17, 15) is 28.1 Å². The molecule has 0 unspecified atom stereocenters. The number of carbonyl (C=O) groups is 1. The molecular weight excluding hydrogens is 441 g/mol. The normalized spacial score (nSPS) is 11.0. The molecule has 9 nitrogen and oxygen atoms in total. The Morgan fingerprint density at radius 1 is 1.03 bits per heavy atom. The molecule has 0 saturated carbocycles. The van der Waals surface area contributed by atoms with Crippen LogP contribution in [0.2, 0.25) is 5.02 Å². The molecular formula is C18H12ClF3N6O3. The average molecular weight is 453 g/mol. The summed E-state index contributed by atoms with van der Waals surface area (Å²) < 4.78 is 38.1. The van der Waals surface area contributed by atoms with E-state index in [1.807, 2.05) is 0 Å². The first-order valence-electron chi connectivity index (χ1n) is 8.41. The maximum absolute atomic E-state index is 12.7. The second-order valence-electron chi connectivity index (χ2n) is 5.94. The topological polar surface area (TPSA) is 122 Å². The van der Waals surface area contributed by atoms with E-state index in [1.165, 1.54) is 12.1 Å². The number of benzene rings is 2. The van der Waals surface area contributed by atoms with Crippen LogP contribution in [0.15, 0.2) is 54.9 Å². The van der Waals surface area contributed by atoms with Crippen molar-refractivity contribution in [2.45, 2.75) is 6.18 Å². The van der Waals surface area contributed by atoms with Crippen LogP contribution in [-0.4, -0.2) is 20.8 Å². The zero-order chi connectivity index (χ0) is 22.6. The summed E-state index contributed by atoms with van der Waals surface area (Å²) in [5.41, 5.74) is 3.32. The smallest absolute Gasteiger partial charge is 0.334 e. The summed E-state index contributed by atoms with van der Waals surface area (Å²) in [6, 6.07) is 9.99. The van der Waals surface area contributed by atoms with Gasteiger partial charge in [0.15, 0.2) is 0 Å². The number of amides is 1. The molecule has 0 aliphatic rings. The Morgan fingerprint density at radius 3 is 2.29 bits per heavy atom. The molecule has 1 heterocycles. The Morgan fingerprint density at radius 2 is 1.68 bits per heavy atom. The molecule has 3 N–H and O–H groups in total. The van der Waals surface area contributed by atoms with Gasteiger partial charge >= 0.3 is 11.9 Å². The van der Waals surface area contributed by atoms with Crippen molar-refractivity contribution in [1.29, 1.82) is 0 Å². The Labute approximate surface area is 177 Å². The molecule has 1 aromatic heterocycles. The number of carbonyl (C=O) groups excluding carboxylic acids is 1. The van der Waals surface area contributed by atoms with Gasteiger partial charge in [-0.3, -0.25) is 25.8 Å². The first-order chi connectivity index (χ1) is 14.7. The third-order valence-corrected chi connectivity index (χ3v) is 4.22. The maximum Gasteiger partial charge on any atom is 0.416 e. The van der Waals surface area contributed by atoms with Crippen molar-refractivity contribution in [2.24, 2.45) is 0 Å². The van der Waals surface area contributed by atoms with Gasteiger partial charge in [-0.2, -0.15) is 13.2 Å². The summed E-state index contributed by atoms with van der Waals surface area (Å²) in [4.78, 5) is 30.5. The minimum Gasteiger partial charge on any atom is -0.334 e. The first-order valence-corrected chi connectivity index (χ1v) is 8.79. The molecule has 3 aromatic rings. The van der Waals surface area contributed by atoms with Crippen LogP contribution in [0, 0.1) is 10.1 Å². The molecule has 13 heteroatoms. The molecule has 0 atom stereocenters. The largest absolute Gasteiger partial charge is 0.416 e. The average Bonchev–Trinajstić information content (AvgIpc) is 2.72. The second-order valence-corrected chi connectivity index (χ2v) is 6.34. The molecule has 3 rings (SSSR count). The van der Waals surface area contributed by atoms with Crippen molar-refractivity contribution in [2.75, 3.05) is 10.7 Å². The van der Waals surface area contributed by atoms with E-state index in [0.29, 0.717) is 0 Å². The fraction of sp³-hybridized carbons (Fsp3) is 0.0556. The predicted octanol–water partition coefficient (Wildman–Crippen LogP) is 4.56. The van der Waals surface area contributed by atoms with E-state index in [-0.39, 0.29) is 27.9 Å². The lowest BCUT2D eigenvalue weighted by Crippen LogP contribution is -2.30. The van der Waals surface area contributed by atoms with Gasteiger partial charge in [-0.05, 0) is 36.4 Å². The number of alkyl halides is 3. The van der Waals surface area contributed by atoms with Gasteiger partial charge in [0.2, 0.25) is 11.6 Å². The van der Waals surface area contributed by atoms with E-state index in [4.69, 9.17) is 11.6 Å². The van der Waals surface area contributed by atoms with Gasteiger partial charge < -0.3 is 5.32 Å². The van der Waals surface area contributed by atoms with E-state index >= 15 is 0 Å². The summed E-state index contributed by atoms with van der Waals surface area (Å²) in [5, 5.41) is 14.3. The minimum absolute atomic E-state index is 0.122. The molecule has 0 radical (unpaired) electrons. The zero-order valence-corrected chi connectivity index (χ0v) is 16.0. The number of nitrogens with one attached hydrogen (secondary N) is 3. The standard InChI is InChI=1S/C18H12ClF3N6O3/c19-13-4-2-1-3-12(13)17(29)27-26-16-14(28(30)31)15(23-9-24-16)25-11-7-5-10(6-8-11)18(20,21)22/h1-9H,(H,27,29)(H2,23,24,25,26). The van der Waals surface area contributed by atoms with E-state index in [1.54, 1.807) is 12.1 Å². The number of nitro groups is 1. The number of aromatic nitrogens is 2. The van der Waals surface area contributed by atoms with Crippen LogP contribution >= 0.6 is 11.6 Å². The van der Waals surface area contributed by atoms with Gasteiger partial charge in [0.25, 0.3) is 5.91 Å². The summed E-state index contributed by atoms with van der Waals surface area (Å²) in [6.45, 7) is 0. The fourth-order valence-electron chi connectivity index (χ4n) is 2.44. The maximum atomic E-state index is 12.7. The molecule has 0 saturated heterocycles. The zero-order valence-electron chi connectivity index (χ0n) is 15.3. The van der Waals surface area contributed by atoms with Gasteiger partial charge in [-0.15, -0.1) is 0 Å². The first kappa shape index (κ1) is 21.8. The summed E-state index contributed by atoms with van der Waals surface area (Å²) >= 11 is 5.93. The van der Waals surface area contributed by atoms with Crippen molar-refractivity contribution < 1.29 is 22.9 Å². The number of hydrazine groups is 1. The molecule has 0 spiro atoms. The summed E-state index contributed by atoms with van der Waals surface area (Å²) in [5.74, 6) is -1.32. The molecule has 0 aliphatic heterocycles. The number of anilines is 3. The molecule has 2 aromatic carbocycles. The van der Waals surface area contributed by atoms with Crippen molar-refractivity contribution in [1.82, 2.24) is 15.4 Å². The highest BCUT2D eigenvalue weighted by Gasteiger charge is 2.30. The highest BCUT2D eigenvalue weighted by Crippen LogP contribution is 2.33. The van der Waals surface area contributed by atoms with Gasteiger partial charge in [0, 0.05) is 5.69 Å². The number of rotatable bonds is 6. The lowest BCUT2D eigenvalue weighted by Gasteiger charge is -2.12. The van der Waals surface area contributed by atoms with Crippen LogP contribution < -0.4 is 16.2 Å². The van der Waals surface area contributed by atoms with Crippen molar-refractivity contribution in [3.63, 3.8) is 0 Å². The van der Waals surface area contributed by atoms with Gasteiger partial charge in [0.1, 0.15) is 6.33 Å². The number of hydrogen-bond acceptors (Lipinski definition) is 7. The molecule has 1 amide bonds. The van der Waals surface area contributed by atoms with Crippen LogP contribution in [0.1, 0.15) is 15.9 Å². The fourth-order valence-corrected chi connectivity index (χ4v) is 2.66. The van der Waals surface area contributed by atoms with Crippen molar-refractivity contribution in [3.8, 4) is 0 Å². The number of hydrogen-bond donors (Lipinski definition) is 3.